The molecule has 0 aromatic heterocycles. The molecule has 3 aliphatic heterocycles. The van der Waals surface area contributed by atoms with E-state index < -0.39 is 17.7 Å². The van der Waals surface area contributed by atoms with Crippen LogP contribution in [0.25, 0.3) is 5.76 Å². The number of fused-ring (bicyclic) bond motifs is 1. The molecule has 8 heteroatoms. The van der Waals surface area contributed by atoms with Crippen molar-refractivity contribution in [1.82, 2.24) is 9.80 Å². The Bertz CT molecular complexity index is 1200. The van der Waals surface area contributed by atoms with E-state index in [0.717, 1.165) is 42.9 Å². The summed E-state index contributed by atoms with van der Waals surface area (Å²) in [6, 6.07) is 12.1. The van der Waals surface area contributed by atoms with Gasteiger partial charge in [-0.2, -0.15) is 0 Å². The Hall–Kier alpha value is -3.36. The van der Waals surface area contributed by atoms with Crippen LogP contribution in [-0.4, -0.2) is 78.7 Å². The molecule has 3 aliphatic rings. The van der Waals surface area contributed by atoms with Gasteiger partial charge < -0.3 is 24.2 Å². The van der Waals surface area contributed by atoms with E-state index in [1.807, 2.05) is 50.2 Å². The first-order chi connectivity index (χ1) is 18.0. The number of carbonyl (C=O) groups is 2. The smallest absolute Gasteiger partial charge is 0.295 e. The van der Waals surface area contributed by atoms with Gasteiger partial charge in [-0.25, -0.2) is 0 Å². The van der Waals surface area contributed by atoms with Crippen LogP contribution < -0.4 is 9.47 Å². The Balaban J connectivity index is 1.49. The molecule has 2 aromatic carbocycles. The standard InChI is InChI=1S/C29H34N2O6/c1-3-36-23-7-4-6-20(18-23)26-25(27(32)21-8-9-24-22(17-21)16-19(2)37-24)28(33)29(34)31(26)11-5-10-30-12-14-35-15-13-30/h4,6-9,17-19,26,32H,3,5,10-16H2,1-2H3/t19-,26-/m1/s1. The van der Waals surface area contributed by atoms with Gasteiger partial charge in [0, 0.05) is 38.2 Å². The van der Waals surface area contributed by atoms with E-state index in [0.29, 0.717) is 44.1 Å². The van der Waals surface area contributed by atoms with Crippen LogP contribution in [0.15, 0.2) is 48.0 Å². The lowest BCUT2D eigenvalue weighted by molar-refractivity contribution is -0.140. The monoisotopic (exact) mass is 506 g/mol. The van der Waals surface area contributed by atoms with Gasteiger partial charge in [-0.05, 0) is 61.7 Å². The number of amides is 1. The highest BCUT2D eigenvalue weighted by Crippen LogP contribution is 2.41. The molecule has 0 aliphatic carbocycles. The molecule has 0 unspecified atom stereocenters. The van der Waals surface area contributed by atoms with E-state index in [4.69, 9.17) is 14.2 Å². The molecule has 196 valence electrons. The lowest BCUT2D eigenvalue weighted by Gasteiger charge is -2.29. The van der Waals surface area contributed by atoms with E-state index in [-0.39, 0.29) is 17.4 Å². The Morgan fingerprint density at radius 3 is 2.70 bits per heavy atom. The summed E-state index contributed by atoms with van der Waals surface area (Å²) in [6.07, 6.45) is 1.50. The first kappa shape index (κ1) is 25.3. The maximum Gasteiger partial charge on any atom is 0.295 e. The number of morpholine rings is 1. The molecule has 0 bridgehead atoms. The molecule has 2 atom stereocenters. The predicted molar refractivity (Wildman–Crippen MR) is 139 cm³/mol. The normalized spacial score (nSPS) is 23.2. The number of hydrogen-bond donors (Lipinski definition) is 1. The number of benzene rings is 2. The number of aliphatic hydroxyl groups excluding tert-OH is 1. The van der Waals surface area contributed by atoms with Crippen molar-refractivity contribution in [2.45, 2.75) is 38.8 Å². The van der Waals surface area contributed by atoms with Crippen LogP contribution in [0.3, 0.4) is 0 Å². The summed E-state index contributed by atoms with van der Waals surface area (Å²) < 4.78 is 16.9. The van der Waals surface area contributed by atoms with Gasteiger partial charge in [-0.3, -0.25) is 14.5 Å². The Morgan fingerprint density at radius 2 is 1.92 bits per heavy atom. The van der Waals surface area contributed by atoms with Crippen molar-refractivity contribution >= 4 is 17.4 Å². The number of ether oxygens (including phenoxy) is 3. The summed E-state index contributed by atoms with van der Waals surface area (Å²) in [4.78, 5) is 30.6. The van der Waals surface area contributed by atoms with Gasteiger partial charge in [0.15, 0.2) is 0 Å². The fraction of sp³-hybridized carbons (Fsp3) is 0.448. The zero-order valence-corrected chi connectivity index (χ0v) is 21.4. The van der Waals surface area contributed by atoms with Crippen molar-refractivity contribution in [3.63, 3.8) is 0 Å². The van der Waals surface area contributed by atoms with Gasteiger partial charge in [0.2, 0.25) is 0 Å². The van der Waals surface area contributed by atoms with Gasteiger partial charge in [0.05, 0.1) is 31.4 Å². The second kappa shape index (κ2) is 10.9. The lowest BCUT2D eigenvalue weighted by Crippen LogP contribution is -2.38. The van der Waals surface area contributed by atoms with Crippen molar-refractivity contribution in [3.8, 4) is 11.5 Å². The summed E-state index contributed by atoms with van der Waals surface area (Å²) in [5.41, 5.74) is 2.33. The number of Topliss-reactive ketones (excluding diaryl/α,β-unsaturated/α-hetero) is 1. The fourth-order valence-corrected chi connectivity index (χ4v) is 5.41. The minimum atomic E-state index is -0.700. The molecule has 0 saturated carbocycles. The molecule has 1 N–H and O–H groups in total. The molecule has 8 nitrogen and oxygen atoms in total. The van der Waals surface area contributed by atoms with Crippen LogP contribution in [0.4, 0.5) is 0 Å². The number of nitrogens with zero attached hydrogens (tertiary/aromatic N) is 2. The largest absolute Gasteiger partial charge is 0.507 e. The van der Waals surface area contributed by atoms with Crippen molar-refractivity contribution in [1.29, 1.82) is 0 Å². The van der Waals surface area contributed by atoms with Gasteiger partial charge in [0.1, 0.15) is 23.4 Å². The molecule has 2 fully saturated rings. The zero-order valence-electron chi connectivity index (χ0n) is 21.4. The molecule has 3 heterocycles. The van der Waals surface area contributed by atoms with Crippen LogP contribution in [-0.2, 0) is 20.7 Å². The second-order valence-corrected chi connectivity index (χ2v) is 9.76. The lowest BCUT2D eigenvalue weighted by atomic mass is 9.94. The SMILES string of the molecule is CCOc1cccc([C@@H]2C(=C(O)c3ccc4c(c3)C[C@@H](C)O4)C(=O)C(=O)N2CCCN2CCOCC2)c1. The predicted octanol–water partition coefficient (Wildman–Crippen LogP) is 3.55. The maximum absolute atomic E-state index is 13.4. The third-order valence-electron chi connectivity index (χ3n) is 7.17. The molecule has 1 amide bonds. The summed E-state index contributed by atoms with van der Waals surface area (Å²) >= 11 is 0. The van der Waals surface area contributed by atoms with Crippen LogP contribution >= 0.6 is 0 Å². The first-order valence-corrected chi connectivity index (χ1v) is 13.1. The third-order valence-corrected chi connectivity index (χ3v) is 7.17. The third kappa shape index (κ3) is 5.22. The van der Waals surface area contributed by atoms with Crippen LogP contribution in [0.2, 0.25) is 0 Å². The second-order valence-electron chi connectivity index (χ2n) is 9.76. The minimum Gasteiger partial charge on any atom is -0.507 e. The number of rotatable bonds is 8. The van der Waals surface area contributed by atoms with Crippen molar-refractivity contribution in [3.05, 3.63) is 64.7 Å². The summed E-state index contributed by atoms with van der Waals surface area (Å²) in [5.74, 6) is 0.0219. The van der Waals surface area contributed by atoms with E-state index in [9.17, 15) is 14.7 Å². The van der Waals surface area contributed by atoms with Gasteiger partial charge in [0.25, 0.3) is 11.7 Å². The highest BCUT2D eigenvalue weighted by molar-refractivity contribution is 6.46. The molecule has 0 spiro atoms. The average molecular weight is 507 g/mol. The molecule has 5 rings (SSSR count). The van der Waals surface area contributed by atoms with Gasteiger partial charge in [-0.15, -0.1) is 0 Å². The number of carbonyl (C=O) groups excluding carboxylic acids is 2. The van der Waals surface area contributed by atoms with Gasteiger partial charge >= 0.3 is 0 Å². The molecular formula is C29H34N2O6. The fourth-order valence-electron chi connectivity index (χ4n) is 5.41. The highest BCUT2D eigenvalue weighted by Gasteiger charge is 2.46. The quantitative estimate of drug-likeness (QED) is 0.333. The van der Waals surface area contributed by atoms with Crippen LogP contribution in [0.1, 0.15) is 43.0 Å². The zero-order chi connectivity index (χ0) is 25.9. The summed E-state index contributed by atoms with van der Waals surface area (Å²) in [7, 11) is 0. The van der Waals surface area contributed by atoms with Gasteiger partial charge in [-0.1, -0.05) is 12.1 Å². The first-order valence-electron chi connectivity index (χ1n) is 13.1. The van der Waals surface area contributed by atoms with E-state index in [2.05, 4.69) is 4.90 Å². The topological polar surface area (TPSA) is 88.5 Å². The van der Waals surface area contributed by atoms with Crippen LogP contribution in [0.5, 0.6) is 11.5 Å². The molecule has 2 aromatic rings. The summed E-state index contributed by atoms with van der Waals surface area (Å²) in [6.45, 7) is 8.74. The van der Waals surface area contributed by atoms with E-state index in [1.165, 1.54) is 0 Å². The molecule has 0 radical (unpaired) electrons. The van der Waals surface area contributed by atoms with Crippen molar-refractivity contribution < 1.29 is 28.9 Å². The Kier molecular flexibility index (Phi) is 7.48. The van der Waals surface area contributed by atoms with E-state index >= 15 is 0 Å². The average Bonchev–Trinajstić information content (AvgIpc) is 3.40. The van der Waals surface area contributed by atoms with E-state index in [1.54, 1.807) is 11.0 Å². The minimum absolute atomic E-state index is 0.0609. The maximum atomic E-state index is 13.4. The molecule has 2 saturated heterocycles. The Labute approximate surface area is 217 Å². The van der Waals surface area contributed by atoms with Crippen LogP contribution in [0, 0.1) is 0 Å². The number of ketones is 1. The Morgan fingerprint density at radius 1 is 1.11 bits per heavy atom. The number of aliphatic hydroxyl groups is 1. The molecule has 37 heavy (non-hydrogen) atoms. The summed E-state index contributed by atoms with van der Waals surface area (Å²) in [5, 5.41) is 11.4. The van der Waals surface area contributed by atoms with Crippen molar-refractivity contribution in [2.75, 3.05) is 46.0 Å². The number of hydrogen-bond acceptors (Lipinski definition) is 7. The highest BCUT2D eigenvalue weighted by atomic mass is 16.5. The molecular weight excluding hydrogens is 472 g/mol. The number of likely N-dealkylation sites (tertiary alicyclic amines) is 1. The van der Waals surface area contributed by atoms with Crippen molar-refractivity contribution in [2.24, 2.45) is 0 Å².